The van der Waals surface area contributed by atoms with Crippen molar-refractivity contribution in [3.63, 3.8) is 0 Å². The number of hydrogen-bond donors (Lipinski definition) is 0. The van der Waals surface area contributed by atoms with Crippen LogP contribution >= 0.6 is 12.4 Å². The van der Waals surface area contributed by atoms with Crippen molar-refractivity contribution in [3.8, 4) is 0 Å². The third kappa shape index (κ3) is 4.81. The summed E-state index contributed by atoms with van der Waals surface area (Å²) in [5.74, 6) is -0.927. The fourth-order valence-electron chi connectivity index (χ4n) is 3.24. The summed E-state index contributed by atoms with van der Waals surface area (Å²) in [5, 5.41) is -0.536. The maximum absolute atomic E-state index is 13.8. The summed E-state index contributed by atoms with van der Waals surface area (Å²) in [4.78, 5) is 2.01. The van der Waals surface area contributed by atoms with E-state index >= 15 is 0 Å². The van der Waals surface area contributed by atoms with Gasteiger partial charge in [0, 0.05) is 6.54 Å². The van der Waals surface area contributed by atoms with Gasteiger partial charge in [0.05, 0.1) is 5.25 Å². The molecule has 1 heterocycles. The van der Waals surface area contributed by atoms with Gasteiger partial charge in [0.2, 0.25) is 0 Å². The third-order valence-electron chi connectivity index (χ3n) is 4.75. The number of benzene rings is 2. The van der Waals surface area contributed by atoms with Crippen LogP contribution in [0.4, 0.5) is 8.78 Å². The number of halogens is 3. The fourth-order valence-corrected chi connectivity index (χ4v) is 5.04. The Morgan fingerprint density at radius 1 is 0.962 bits per heavy atom. The summed E-state index contributed by atoms with van der Waals surface area (Å²) in [5.41, 5.74) is 1.06. The first-order valence-electron chi connectivity index (χ1n) is 8.42. The number of hydrogen-bond acceptors (Lipinski definition) is 3. The molecule has 0 N–H and O–H groups in total. The van der Waals surface area contributed by atoms with Crippen molar-refractivity contribution in [3.05, 3.63) is 65.7 Å². The molecule has 142 valence electrons. The molecule has 0 radical (unpaired) electrons. The van der Waals surface area contributed by atoms with Gasteiger partial charge in [-0.25, -0.2) is 17.2 Å². The quantitative estimate of drug-likeness (QED) is 0.763. The zero-order valence-electron chi connectivity index (χ0n) is 14.3. The van der Waals surface area contributed by atoms with Gasteiger partial charge in [-0.05, 0) is 62.2 Å². The first-order valence-corrected chi connectivity index (χ1v) is 9.96. The molecular weight excluding hydrogens is 380 g/mol. The van der Waals surface area contributed by atoms with Gasteiger partial charge in [0.25, 0.3) is 0 Å². The van der Waals surface area contributed by atoms with E-state index in [0.717, 1.165) is 18.5 Å². The minimum absolute atomic E-state index is 0. The molecule has 7 heteroatoms. The smallest absolute Gasteiger partial charge is 0.184 e. The molecule has 0 amide bonds. The van der Waals surface area contributed by atoms with Crippen molar-refractivity contribution in [2.45, 2.75) is 29.4 Å². The topological polar surface area (TPSA) is 37.4 Å². The summed E-state index contributed by atoms with van der Waals surface area (Å²) >= 11 is 0. The van der Waals surface area contributed by atoms with Crippen LogP contribution in [-0.2, 0) is 16.3 Å². The minimum Gasteiger partial charge on any atom is -0.303 e. The lowest BCUT2D eigenvalue weighted by molar-refractivity contribution is 0.232. The zero-order valence-corrected chi connectivity index (χ0v) is 15.9. The number of sulfone groups is 1. The van der Waals surface area contributed by atoms with E-state index in [0.29, 0.717) is 25.9 Å². The summed E-state index contributed by atoms with van der Waals surface area (Å²) in [7, 11) is -3.63. The molecule has 0 unspecified atom stereocenters. The van der Waals surface area contributed by atoms with Crippen LogP contribution in [0, 0.1) is 11.6 Å². The molecule has 0 aromatic heterocycles. The highest BCUT2D eigenvalue weighted by Crippen LogP contribution is 2.26. The molecule has 1 fully saturated rings. The van der Waals surface area contributed by atoms with E-state index in [1.807, 2.05) is 0 Å². The van der Waals surface area contributed by atoms with E-state index in [2.05, 4.69) is 4.90 Å². The maximum Gasteiger partial charge on any atom is 0.184 e. The Bertz CT molecular complexity index is 820. The van der Waals surface area contributed by atoms with Gasteiger partial charge in [-0.15, -0.1) is 12.4 Å². The summed E-state index contributed by atoms with van der Waals surface area (Å²) in [6.45, 7) is 2.14. The van der Waals surface area contributed by atoms with Gasteiger partial charge in [-0.2, -0.15) is 0 Å². The summed E-state index contributed by atoms with van der Waals surface area (Å²) < 4.78 is 52.0. The van der Waals surface area contributed by atoms with Crippen LogP contribution in [0.15, 0.2) is 53.4 Å². The third-order valence-corrected chi connectivity index (χ3v) is 7.04. The van der Waals surface area contributed by atoms with E-state index in [9.17, 15) is 17.2 Å². The van der Waals surface area contributed by atoms with E-state index in [1.54, 1.807) is 18.2 Å². The van der Waals surface area contributed by atoms with E-state index in [1.165, 1.54) is 30.3 Å². The lowest BCUT2D eigenvalue weighted by Crippen LogP contribution is -2.40. The summed E-state index contributed by atoms with van der Waals surface area (Å²) in [6, 6.07) is 12.0. The number of nitrogens with zero attached hydrogens (tertiary/aromatic N) is 1. The van der Waals surface area contributed by atoms with Crippen LogP contribution in [0.5, 0.6) is 0 Å². The average Bonchev–Trinajstić information content (AvgIpc) is 2.62. The van der Waals surface area contributed by atoms with Crippen molar-refractivity contribution in [1.82, 2.24) is 4.90 Å². The van der Waals surface area contributed by atoms with Crippen LogP contribution < -0.4 is 0 Å². The van der Waals surface area contributed by atoms with Crippen LogP contribution in [0.1, 0.15) is 18.4 Å². The van der Waals surface area contributed by atoms with Crippen molar-refractivity contribution in [2.24, 2.45) is 0 Å². The van der Waals surface area contributed by atoms with Crippen molar-refractivity contribution in [1.29, 1.82) is 0 Å². The predicted octanol–water partition coefficient (Wildman–Crippen LogP) is 3.87. The molecule has 0 atom stereocenters. The molecule has 0 spiro atoms. The number of likely N-dealkylation sites (tertiary alicyclic amines) is 1. The molecule has 1 aliphatic heterocycles. The Balaban J connectivity index is 0.00000243. The van der Waals surface area contributed by atoms with Crippen LogP contribution in [0.2, 0.25) is 0 Å². The highest BCUT2D eigenvalue weighted by atomic mass is 35.5. The van der Waals surface area contributed by atoms with Crippen molar-refractivity contribution in [2.75, 3.05) is 19.6 Å². The lowest BCUT2D eigenvalue weighted by Gasteiger charge is -2.31. The summed E-state index contributed by atoms with van der Waals surface area (Å²) in [6.07, 6.45) is 1.80. The van der Waals surface area contributed by atoms with Gasteiger partial charge < -0.3 is 4.90 Å². The van der Waals surface area contributed by atoms with Crippen molar-refractivity contribution >= 4 is 22.2 Å². The van der Waals surface area contributed by atoms with Gasteiger partial charge in [0.15, 0.2) is 9.84 Å². The Morgan fingerprint density at radius 3 is 2.19 bits per heavy atom. The largest absolute Gasteiger partial charge is 0.303 e. The van der Waals surface area contributed by atoms with Crippen molar-refractivity contribution < 1.29 is 17.2 Å². The standard InChI is InChI=1S/C19H21F2NO2S.ClH/c20-16-7-5-15(6-8-16)9-12-22-13-10-17(11-14-22)25(23,24)19-4-2-1-3-18(19)21;/h1-8,17H,9-14H2;1H. The highest BCUT2D eigenvalue weighted by molar-refractivity contribution is 7.92. The monoisotopic (exact) mass is 401 g/mol. The predicted molar refractivity (Wildman–Crippen MR) is 100 cm³/mol. The molecule has 3 rings (SSSR count). The van der Waals surface area contributed by atoms with E-state index in [-0.39, 0.29) is 23.1 Å². The molecule has 0 saturated carbocycles. The second-order valence-corrected chi connectivity index (χ2v) is 8.59. The number of piperidine rings is 1. The molecule has 1 saturated heterocycles. The average molecular weight is 402 g/mol. The molecule has 1 aliphatic rings. The molecule has 26 heavy (non-hydrogen) atoms. The number of rotatable bonds is 5. The second-order valence-electron chi connectivity index (χ2n) is 6.39. The Hall–Kier alpha value is -1.50. The Kier molecular flexibility index (Phi) is 7.15. The normalized spacial score (nSPS) is 16.2. The zero-order chi connectivity index (χ0) is 17.9. The van der Waals surface area contributed by atoms with Crippen LogP contribution in [0.3, 0.4) is 0 Å². The maximum atomic E-state index is 13.8. The van der Waals surface area contributed by atoms with Gasteiger partial charge >= 0.3 is 0 Å². The lowest BCUT2D eigenvalue weighted by atomic mass is 10.1. The molecule has 0 aliphatic carbocycles. The molecule has 0 bridgehead atoms. The molecule has 2 aromatic carbocycles. The molecule has 3 nitrogen and oxygen atoms in total. The van der Waals surface area contributed by atoms with Crippen LogP contribution in [0.25, 0.3) is 0 Å². The Morgan fingerprint density at radius 2 is 1.58 bits per heavy atom. The van der Waals surface area contributed by atoms with Gasteiger partial charge in [0.1, 0.15) is 16.5 Å². The second kappa shape index (κ2) is 8.93. The van der Waals surface area contributed by atoms with Gasteiger partial charge in [-0.3, -0.25) is 0 Å². The van der Waals surface area contributed by atoms with E-state index in [4.69, 9.17) is 0 Å². The van der Waals surface area contributed by atoms with Crippen LogP contribution in [-0.4, -0.2) is 38.2 Å². The Labute approximate surface area is 159 Å². The minimum atomic E-state index is -3.63. The molecular formula is C19H22ClF2NO2S. The molecule has 2 aromatic rings. The first kappa shape index (κ1) is 20.8. The van der Waals surface area contributed by atoms with Gasteiger partial charge in [-0.1, -0.05) is 24.3 Å². The highest BCUT2D eigenvalue weighted by Gasteiger charge is 2.32. The first-order chi connectivity index (χ1) is 12.0. The van der Waals surface area contributed by atoms with E-state index < -0.39 is 20.9 Å². The fraction of sp³-hybridized carbons (Fsp3) is 0.368. The SMILES string of the molecule is Cl.O=S(=O)(c1ccccc1F)C1CCN(CCc2ccc(F)cc2)CC1.